The molecule has 1 atom stereocenters. The van der Waals surface area contributed by atoms with Gasteiger partial charge in [-0.25, -0.2) is 9.07 Å². The lowest BCUT2D eigenvalue weighted by atomic mass is 9.94. The predicted octanol–water partition coefficient (Wildman–Crippen LogP) is 5.86. The molecule has 180 valence electrons. The maximum absolute atomic E-state index is 13.5. The zero-order chi connectivity index (χ0) is 25.2. The molecular formula is C27H21ClFN5O2. The molecule has 9 heteroatoms. The topological polar surface area (TPSA) is 88.0 Å². The van der Waals surface area contributed by atoms with Crippen molar-refractivity contribution in [1.29, 1.82) is 0 Å². The van der Waals surface area contributed by atoms with E-state index in [9.17, 15) is 14.0 Å². The van der Waals surface area contributed by atoms with Gasteiger partial charge in [-0.3, -0.25) is 9.59 Å². The number of aromatic nitrogens is 2. The van der Waals surface area contributed by atoms with Crippen molar-refractivity contribution in [2.75, 3.05) is 16.0 Å². The maximum Gasteiger partial charge on any atom is 0.261 e. The number of halogens is 2. The SMILES string of the molecule is CC1=C(C(=O)Nc2ccccc2)[C@H](c2ccccc2Cl)n2ncc(C(=O)Nc3ccc(F)cc3)c2N1. The third-order valence-corrected chi connectivity index (χ3v) is 6.19. The molecule has 0 aliphatic carbocycles. The molecule has 0 unspecified atom stereocenters. The molecule has 0 bridgehead atoms. The van der Waals surface area contributed by atoms with Gasteiger partial charge in [0.2, 0.25) is 0 Å². The number of allylic oxidation sites excluding steroid dienone is 1. The molecule has 1 aromatic heterocycles. The van der Waals surface area contributed by atoms with Crippen molar-refractivity contribution in [3.05, 3.63) is 118 Å². The van der Waals surface area contributed by atoms with Crippen LogP contribution in [0, 0.1) is 5.82 Å². The van der Waals surface area contributed by atoms with Gasteiger partial charge in [0.25, 0.3) is 11.8 Å². The van der Waals surface area contributed by atoms with Crippen molar-refractivity contribution < 1.29 is 14.0 Å². The van der Waals surface area contributed by atoms with Crippen LogP contribution in [0.25, 0.3) is 0 Å². The van der Waals surface area contributed by atoms with Gasteiger partial charge in [0.15, 0.2) is 0 Å². The highest BCUT2D eigenvalue weighted by atomic mass is 35.5. The van der Waals surface area contributed by atoms with Crippen molar-refractivity contribution in [3.63, 3.8) is 0 Å². The molecule has 3 N–H and O–H groups in total. The predicted molar refractivity (Wildman–Crippen MR) is 138 cm³/mol. The van der Waals surface area contributed by atoms with Crippen LogP contribution in [0.4, 0.5) is 21.6 Å². The van der Waals surface area contributed by atoms with E-state index in [4.69, 9.17) is 11.6 Å². The first kappa shape index (κ1) is 23.3. The van der Waals surface area contributed by atoms with E-state index < -0.39 is 17.8 Å². The molecule has 4 aromatic rings. The van der Waals surface area contributed by atoms with Gasteiger partial charge in [-0.2, -0.15) is 5.10 Å². The van der Waals surface area contributed by atoms with Crippen LogP contribution < -0.4 is 16.0 Å². The smallest absolute Gasteiger partial charge is 0.261 e. The average molecular weight is 502 g/mol. The fraction of sp³-hybridized carbons (Fsp3) is 0.0741. The number of benzene rings is 3. The van der Waals surface area contributed by atoms with E-state index in [2.05, 4.69) is 21.0 Å². The van der Waals surface area contributed by atoms with E-state index in [-0.39, 0.29) is 11.5 Å². The van der Waals surface area contributed by atoms with Crippen molar-refractivity contribution >= 4 is 40.6 Å². The number of hydrogen-bond acceptors (Lipinski definition) is 4. The summed E-state index contributed by atoms with van der Waals surface area (Å²) in [5, 5.41) is 13.8. The molecule has 3 aromatic carbocycles. The molecule has 1 aliphatic heterocycles. The van der Waals surface area contributed by atoms with Crippen LogP contribution in [0.1, 0.15) is 28.9 Å². The fourth-order valence-electron chi connectivity index (χ4n) is 4.15. The van der Waals surface area contributed by atoms with Crippen LogP contribution in [0.15, 0.2) is 96.3 Å². The summed E-state index contributed by atoms with van der Waals surface area (Å²) in [4.78, 5) is 26.6. The zero-order valence-corrected chi connectivity index (χ0v) is 19.9. The molecule has 0 saturated carbocycles. The molecule has 2 amide bonds. The average Bonchev–Trinajstić information content (AvgIpc) is 3.29. The molecule has 2 heterocycles. The first-order valence-electron chi connectivity index (χ1n) is 11.2. The van der Waals surface area contributed by atoms with Gasteiger partial charge in [0.1, 0.15) is 23.2 Å². The Hall–Kier alpha value is -4.43. The second kappa shape index (κ2) is 9.67. The van der Waals surface area contributed by atoms with Crippen LogP contribution in [0.2, 0.25) is 5.02 Å². The Balaban J connectivity index is 1.55. The highest BCUT2D eigenvalue weighted by molar-refractivity contribution is 6.31. The summed E-state index contributed by atoms with van der Waals surface area (Å²) < 4.78 is 14.8. The quantitative estimate of drug-likeness (QED) is 0.320. The van der Waals surface area contributed by atoms with Crippen molar-refractivity contribution in [2.24, 2.45) is 0 Å². The van der Waals surface area contributed by atoms with E-state index in [1.807, 2.05) is 30.3 Å². The number of carbonyl (C=O) groups is 2. The first-order valence-corrected chi connectivity index (χ1v) is 11.5. The first-order chi connectivity index (χ1) is 17.4. The van der Waals surface area contributed by atoms with Gasteiger partial charge in [-0.15, -0.1) is 0 Å². The number of hydrogen-bond donors (Lipinski definition) is 3. The minimum Gasteiger partial charge on any atom is -0.343 e. The minimum absolute atomic E-state index is 0.262. The van der Waals surface area contributed by atoms with Crippen molar-refractivity contribution in [3.8, 4) is 0 Å². The lowest BCUT2D eigenvalue weighted by molar-refractivity contribution is -0.113. The number of carbonyl (C=O) groups excluding carboxylic acids is 2. The summed E-state index contributed by atoms with van der Waals surface area (Å²) in [6.07, 6.45) is 1.43. The number of fused-ring (bicyclic) bond motifs is 1. The third-order valence-electron chi connectivity index (χ3n) is 5.85. The van der Waals surface area contributed by atoms with E-state index in [0.717, 1.165) is 0 Å². The summed E-state index contributed by atoms with van der Waals surface area (Å²) in [5.74, 6) is -0.747. The summed E-state index contributed by atoms with van der Waals surface area (Å²) in [6, 6.07) is 21.1. The number of para-hydroxylation sites is 1. The van der Waals surface area contributed by atoms with Crippen molar-refractivity contribution in [1.82, 2.24) is 9.78 Å². The zero-order valence-electron chi connectivity index (χ0n) is 19.1. The van der Waals surface area contributed by atoms with Gasteiger partial charge < -0.3 is 16.0 Å². The van der Waals surface area contributed by atoms with Gasteiger partial charge in [-0.05, 0) is 49.4 Å². The molecule has 0 spiro atoms. The number of amides is 2. The molecule has 1 aliphatic rings. The van der Waals surface area contributed by atoms with Crippen LogP contribution >= 0.6 is 11.6 Å². The second-order valence-electron chi connectivity index (χ2n) is 8.22. The highest BCUT2D eigenvalue weighted by Gasteiger charge is 2.36. The number of nitrogens with zero attached hydrogens (tertiary/aromatic N) is 2. The van der Waals surface area contributed by atoms with E-state index >= 15 is 0 Å². The summed E-state index contributed by atoms with van der Waals surface area (Å²) >= 11 is 6.57. The minimum atomic E-state index is -0.689. The molecule has 7 nitrogen and oxygen atoms in total. The summed E-state index contributed by atoms with van der Waals surface area (Å²) in [7, 11) is 0. The molecule has 0 saturated heterocycles. The van der Waals surface area contributed by atoms with Crippen LogP contribution in [-0.2, 0) is 4.79 Å². The Bertz CT molecular complexity index is 1480. The lowest BCUT2D eigenvalue weighted by Crippen LogP contribution is -2.32. The number of anilines is 3. The summed E-state index contributed by atoms with van der Waals surface area (Å²) in [6.45, 7) is 1.77. The van der Waals surface area contributed by atoms with Crippen molar-refractivity contribution in [2.45, 2.75) is 13.0 Å². The standard InChI is InChI=1S/C27H21ClFN5O2/c1-16-23(27(36)33-18-7-3-2-4-8-18)24(20-9-5-6-10-22(20)28)34-25(31-16)21(15-30-34)26(35)32-19-13-11-17(29)12-14-19/h2-15,24,31H,1H3,(H,32,35)(H,33,36)/t24-/m0/s1. The monoisotopic (exact) mass is 501 g/mol. The lowest BCUT2D eigenvalue weighted by Gasteiger charge is -2.30. The highest BCUT2D eigenvalue weighted by Crippen LogP contribution is 2.40. The molecular weight excluding hydrogens is 481 g/mol. The third kappa shape index (κ3) is 4.46. The van der Waals surface area contributed by atoms with Gasteiger partial charge in [0.05, 0.1) is 11.8 Å². The normalized spacial score (nSPS) is 14.6. The van der Waals surface area contributed by atoms with E-state index in [1.165, 1.54) is 30.5 Å². The second-order valence-corrected chi connectivity index (χ2v) is 8.63. The molecule has 0 fully saturated rings. The van der Waals surface area contributed by atoms with Crippen LogP contribution in [0.3, 0.4) is 0 Å². The van der Waals surface area contributed by atoms with Gasteiger partial charge >= 0.3 is 0 Å². The van der Waals surface area contributed by atoms with E-state index in [1.54, 1.807) is 35.9 Å². The van der Waals surface area contributed by atoms with E-state index in [0.29, 0.717) is 39.0 Å². The summed E-state index contributed by atoms with van der Waals surface area (Å²) in [5.41, 5.74) is 2.97. The fourth-order valence-corrected chi connectivity index (χ4v) is 4.39. The Kier molecular flexibility index (Phi) is 6.26. The van der Waals surface area contributed by atoms with Crippen LogP contribution in [-0.4, -0.2) is 21.6 Å². The Labute approximate surface area is 211 Å². The molecule has 36 heavy (non-hydrogen) atoms. The number of nitrogens with one attached hydrogen (secondary N) is 3. The van der Waals surface area contributed by atoms with Gasteiger partial charge in [-0.1, -0.05) is 48.0 Å². The van der Waals surface area contributed by atoms with Gasteiger partial charge in [0, 0.05) is 27.7 Å². The largest absolute Gasteiger partial charge is 0.343 e. The Morgan fingerprint density at radius 3 is 2.28 bits per heavy atom. The molecule has 0 radical (unpaired) electrons. The molecule has 5 rings (SSSR count). The maximum atomic E-state index is 13.5. The Morgan fingerprint density at radius 2 is 1.56 bits per heavy atom. The van der Waals surface area contributed by atoms with Crippen LogP contribution in [0.5, 0.6) is 0 Å². The Morgan fingerprint density at radius 1 is 0.917 bits per heavy atom. The number of rotatable bonds is 5.